The van der Waals surface area contributed by atoms with E-state index in [0.29, 0.717) is 6.04 Å². The van der Waals surface area contributed by atoms with Crippen LogP contribution in [0.1, 0.15) is 31.1 Å². The van der Waals surface area contributed by atoms with Crippen LogP contribution in [0.15, 0.2) is 17.5 Å². The Kier molecular flexibility index (Phi) is 5.01. The molecule has 0 bridgehead atoms. The van der Waals surface area contributed by atoms with Crippen molar-refractivity contribution in [2.75, 3.05) is 20.1 Å². The van der Waals surface area contributed by atoms with Crippen LogP contribution in [0.4, 0.5) is 0 Å². The van der Waals surface area contributed by atoms with Crippen molar-refractivity contribution in [1.82, 2.24) is 10.2 Å². The van der Waals surface area contributed by atoms with E-state index in [1.165, 1.54) is 43.6 Å². The minimum absolute atomic E-state index is 0.648. The fourth-order valence-corrected chi connectivity index (χ4v) is 2.84. The highest BCUT2D eigenvalue weighted by Crippen LogP contribution is 2.18. The lowest BCUT2D eigenvalue weighted by Gasteiger charge is -2.24. The Labute approximate surface area is 109 Å². The lowest BCUT2D eigenvalue weighted by atomic mass is 10.2. The lowest BCUT2D eigenvalue weighted by Crippen LogP contribution is -2.33. The smallest absolute Gasteiger partial charge is 0.0112 e. The Morgan fingerprint density at radius 3 is 3.00 bits per heavy atom. The highest BCUT2D eigenvalue weighted by Gasteiger charge is 2.19. The van der Waals surface area contributed by atoms with Crippen LogP contribution in [0, 0.1) is 0 Å². The van der Waals surface area contributed by atoms with Crippen molar-refractivity contribution in [1.29, 1.82) is 0 Å². The molecule has 1 aliphatic carbocycles. The van der Waals surface area contributed by atoms with Gasteiger partial charge >= 0.3 is 0 Å². The van der Waals surface area contributed by atoms with Crippen LogP contribution in [0.3, 0.4) is 0 Å². The highest BCUT2D eigenvalue weighted by atomic mass is 32.1. The van der Waals surface area contributed by atoms with Crippen LogP contribution < -0.4 is 5.32 Å². The van der Waals surface area contributed by atoms with Crippen molar-refractivity contribution in [3.8, 4) is 0 Å². The van der Waals surface area contributed by atoms with E-state index in [0.717, 1.165) is 6.04 Å². The average Bonchev–Trinajstić information content (AvgIpc) is 3.01. The summed E-state index contributed by atoms with van der Waals surface area (Å²) in [5.41, 5.74) is 0. The molecule has 96 valence electrons. The first kappa shape index (κ1) is 13.1. The molecule has 1 N–H and O–H groups in total. The predicted molar refractivity (Wildman–Crippen MR) is 75.8 cm³/mol. The maximum absolute atomic E-state index is 3.57. The van der Waals surface area contributed by atoms with E-state index < -0.39 is 0 Å². The number of nitrogens with zero attached hydrogens (tertiary/aromatic N) is 1. The summed E-state index contributed by atoms with van der Waals surface area (Å²) in [7, 11) is 2.25. The lowest BCUT2D eigenvalue weighted by molar-refractivity contribution is 0.253. The Hall–Kier alpha value is -0.380. The highest BCUT2D eigenvalue weighted by molar-refractivity contribution is 7.09. The van der Waals surface area contributed by atoms with Gasteiger partial charge in [-0.2, -0.15) is 0 Å². The maximum Gasteiger partial charge on any atom is 0.0112 e. The second kappa shape index (κ2) is 6.53. The summed E-state index contributed by atoms with van der Waals surface area (Å²) >= 11 is 1.87. The first-order chi connectivity index (χ1) is 8.25. The van der Waals surface area contributed by atoms with Gasteiger partial charge < -0.3 is 10.2 Å². The molecule has 1 aromatic heterocycles. The van der Waals surface area contributed by atoms with E-state index in [1.54, 1.807) is 0 Å². The molecule has 0 spiro atoms. The third-order valence-electron chi connectivity index (χ3n) is 3.53. The normalized spacial score (nSPS) is 17.6. The zero-order chi connectivity index (χ0) is 12.1. The monoisotopic (exact) mass is 252 g/mol. The second-order valence-corrected chi connectivity index (χ2v) is 6.23. The summed E-state index contributed by atoms with van der Waals surface area (Å²) in [6.45, 7) is 4.71. The van der Waals surface area contributed by atoms with Crippen molar-refractivity contribution in [2.45, 2.75) is 44.7 Å². The molecular formula is C14H24N2S. The van der Waals surface area contributed by atoms with Crippen LogP contribution in [0.25, 0.3) is 0 Å². The average molecular weight is 252 g/mol. The SMILES string of the molecule is CC(Cc1cccs1)N(C)CCCNC1CC1. The van der Waals surface area contributed by atoms with Gasteiger partial charge in [-0.15, -0.1) is 11.3 Å². The van der Waals surface area contributed by atoms with Crippen molar-refractivity contribution in [2.24, 2.45) is 0 Å². The van der Waals surface area contributed by atoms with Crippen molar-refractivity contribution >= 4 is 11.3 Å². The molecule has 0 aliphatic heterocycles. The molecule has 3 heteroatoms. The van der Waals surface area contributed by atoms with Gasteiger partial charge in [0.15, 0.2) is 0 Å². The number of hydrogen-bond donors (Lipinski definition) is 1. The Morgan fingerprint density at radius 1 is 1.53 bits per heavy atom. The quantitative estimate of drug-likeness (QED) is 0.716. The molecular weight excluding hydrogens is 228 g/mol. The molecule has 2 rings (SSSR count). The van der Waals surface area contributed by atoms with Crippen molar-refractivity contribution in [3.63, 3.8) is 0 Å². The summed E-state index contributed by atoms with van der Waals surface area (Å²) in [6, 6.07) is 5.88. The van der Waals surface area contributed by atoms with Gasteiger partial charge in [-0.3, -0.25) is 0 Å². The molecule has 2 nitrogen and oxygen atoms in total. The summed E-state index contributed by atoms with van der Waals surface area (Å²) in [6.07, 6.45) is 5.24. The molecule has 17 heavy (non-hydrogen) atoms. The van der Waals surface area contributed by atoms with Crippen molar-refractivity contribution in [3.05, 3.63) is 22.4 Å². The number of rotatable bonds is 8. The molecule has 1 unspecified atom stereocenters. The van der Waals surface area contributed by atoms with E-state index in [2.05, 4.69) is 41.7 Å². The molecule has 0 saturated heterocycles. The molecule has 1 saturated carbocycles. The van der Waals surface area contributed by atoms with Crippen LogP contribution in [0.2, 0.25) is 0 Å². The Balaban J connectivity index is 1.58. The third kappa shape index (κ3) is 4.78. The third-order valence-corrected chi connectivity index (χ3v) is 4.43. The van der Waals surface area contributed by atoms with Gasteiger partial charge in [-0.05, 0) is 64.2 Å². The van der Waals surface area contributed by atoms with E-state index in [-0.39, 0.29) is 0 Å². The van der Waals surface area contributed by atoms with E-state index in [1.807, 2.05) is 11.3 Å². The Morgan fingerprint density at radius 2 is 2.35 bits per heavy atom. The summed E-state index contributed by atoms with van der Waals surface area (Å²) < 4.78 is 0. The van der Waals surface area contributed by atoms with Gasteiger partial charge in [0.25, 0.3) is 0 Å². The van der Waals surface area contributed by atoms with Crippen LogP contribution in [-0.4, -0.2) is 37.1 Å². The van der Waals surface area contributed by atoms with E-state index >= 15 is 0 Å². The topological polar surface area (TPSA) is 15.3 Å². The summed E-state index contributed by atoms with van der Waals surface area (Å²) in [5.74, 6) is 0. The minimum Gasteiger partial charge on any atom is -0.314 e. The van der Waals surface area contributed by atoms with Gasteiger partial charge in [0, 0.05) is 17.0 Å². The molecule has 0 aromatic carbocycles. The van der Waals surface area contributed by atoms with Gasteiger partial charge in [-0.25, -0.2) is 0 Å². The maximum atomic E-state index is 3.57. The first-order valence-electron chi connectivity index (χ1n) is 6.71. The fourth-order valence-electron chi connectivity index (χ4n) is 2.02. The van der Waals surface area contributed by atoms with E-state index in [9.17, 15) is 0 Å². The number of hydrogen-bond acceptors (Lipinski definition) is 3. The van der Waals surface area contributed by atoms with Gasteiger partial charge in [0.05, 0.1) is 0 Å². The summed E-state index contributed by atoms with van der Waals surface area (Å²) in [4.78, 5) is 3.98. The fraction of sp³-hybridized carbons (Fsp3) is 0.714. The largest absolute Gasteiger partial charge is 0.314 e. The van der Waals surface area contributed by atoms with Crippen molar-refractivity contribution < 1.29 is 0 Å². The van der Waals surface area contributed by atoms with Crippen LogP contribution >= 0.6 is 11.3 Å². The molecule has 1 atom stereocenters. The minimum atomic E-state index is 0.648. The van der Waals surface area contributed by atoms with E-state index in [4.69, 9.17) is 0 Å². The number of nitrogens with one attached hydrogen (secondary N) is 1. The van der Waals surface area contributed by atoms with Crippen LogP contribution in [0.5, 0.6) is 0 Å². The van der Waals surface area contributed by atoms with Gasteiger partial charge in [0.2, 0.25) is 0 Å². The summed E-state index contributed by atoms with van der Waals surface area (Å²) in [5, 5.41) is 5.74. The zero-order valence-corrected chi connectivity index (χ0v) is 11.8. The molecule has 0 radical (unpaired) electrons. The van der Waals surface area contributed by atoms with Gasteiger partial charge in [0.1, 0.15) is 0 Å². The number of thiophene rings is 1. The molecule has 1 aromatic rings. The Bertz CT molecular complexity index is 306. The number of likely N-dealkylation sites (N-methyl/N-ethyl adjacent to an activating group) is 1. The molecule has 1 heterocycles. The van der Waals surface area contributed by atoms with Crippen LogP contribution in [-0.2, 0) is 6.42 Å². The first-order valence-corrected chi connectivity index (χ1v) is 7.59. The standard InChI is InChI=1S/C14H24N2S/c1-12(11-14-5-3-10-17-14)16(2)9-4-8-15-13-6-7-13/h3,5,10,12-13,15H,4,6-9,11H2,1-2H3. The molecule has 0 amide bonds. The zero-order valence-electron chi connectivity index (χ0n) is 11.0. The molecule has 1 aliphatic rings. The second-order valence-electron chi connectivity index (χ2n) is 5.20. The predicted octanol–water partition coefficient (Wildman–Crippen LogP) is 2.75. The van der Waals surface area contributed by atoms with Gasteiger partial charge in [-0.1, -0.05) is 6.07 Å². The molecule has 1 fully saturated rings.